The predicted octanol–water partition coefficient (Wildman–Crippen LogP) is 18.6. The first-order valence-electron chi connectivity index (χ1n) is 36.3. The molecule has 0 saturated carbocycles. The molecule has 1 amide bonds. The molecule has 0 aliphatic carbocycles. The van der Waals surface area contributed by atoms with Crippen molar-refractivity contribution >= 4 is 11.9 Å². The second-order valence-electron chi connectivity index (χ2n) is 25.3. The molecule has 0 aromatic carbocycles. The van der Waals surface area contributed by atoms with Crippen molar-refractivity contribution in [3.63, 3.8) is 0 Å². The fraction of sp³-hybridized carbons (Fsp3) is 0.890. The standard InChI is InChI=1S/C73H137NO10/c1-3-5-7-9-11-13-14-15-16-17-28-32-35-38-41-45-49-53-57-61-69(78)82-62-58-54-50-46-42-39-36-33-30-27-25-23-21-19-18-20-22-24-26-29-31-34-37-40-44-48-52-56-60-68(77)74-65(66(76)59-55-51-47-43-12-10-8-6-4-2)64-83-73-72(81)71(80)70(79)67(63-75)84-73/h11,13,15-16,55,59,65-67,70-73,75-76,79-81H,3-10,12,14,17-54,56-58,60-64H2,1-2H3,(H,74,77)/b13-11-,16-15-,59-55+. The highest BCUT2D eigenvalue weighted by atomic mass is 16.7. The number of nitrogens with one attached hydrogen (secondary N) is 1. The van der Waals surface area contributed by atoms with Gasteiger partial charge >= 0.3 is 5.97 Å². The van der Waals surface area contributed by atoms with Crippen molar-refractivity contribution in [1.29, 1.82) is 0 Å². The van der Waals surface area contributed by atoms with Gasteiger partial charge in [-0.3, -0.25) is 9.59 Å². The highest BCUT2D eigenvalue weighted by Gasteiger charge is 2.44. The molecule has 1 fully saturated rings. The highest BCUT2D eigenvalue weighted by Crippen LogP contribution is 2.23. The number of carbonyl (C=O) groups is 2. The number of esters is 1. The van der Waals surface area contributed by atoms with Gasteiger partial charge in [0.25, 0.3) is 0 Å². The van der Waals surface area contributed by atoms with Crippen LogP contribution in [0.4, 0.5) is 0 Å². The molecular weight excluding hydrogens is 1050 g/mol. The first-order chi connectivity index (χ1) is 41.2. The molecule has 0 spiro atoms. The summed E-state index contributed by atoms with van der Waals surface area (Å²) in [6.07, 6.45) is 70.1. The van der Waals surface area contributed by atoms with Gasteiger partial charge in [-0.2, -0.15) is 0 Å². The van der Waals surface area contributed by atoms with Crippen LogP contribution < -0.4 is 5.32 Å². The van der Waals surface area contributed by atoms with Crippen molar-refractivity contribution in [2.75, 3.05) is 19.8 Å². The van der Waals surface area contributed by atoms with Crippen LogP contribution in [0.3, 0.4) is 0 Å². The SMILES string of the molecule is CCCCC/C=C\C/C=C\CCCCCCCCCCCC(=O)OCCCCCCCCCCCCCCCCCCCCCCCCCCCCCCC(=O)NC(COC1OC(CO)C(O)C(O)C1O)C(O)/C=C/CCCCCCCCC. The Morgan fingerprint density at radius 2 is 0.798 bits per heavy atom. The maximum atomic E-state index is 13.0. The number of amides is 1. The van der Waals surface area contributed by atoms with Crippen molar-refractivity contribution < 1.29 is 49.3 Å². The summed E-state index contributed by atoms with van der Waals surface area (Å²) in [6.45, 7) is 4.32. The van der Waals surface area contributed by atoms with Gasteiger partial charge in [0, 0.05) is 12.8 Å². The van der Waals surface area contributed by atoms with E-state index in [0.29, 0.717) is 19.4 Å². The van der Waals surface area contributed by atoms with Gasteiger partial charge in [-0.25, -0.2) is 0 Å². The molecule has 1 aliphatic rings. The van der Waals surface area contributed by atoms with Crippen LogP contribution >= 0.6 is 0 Å². The van der Waals surface area contributed by atoms with Gasteiger partial charge in [0.05, 0.1) is 32.0 Å². The van der Waals surface area contributed by atoms with E-state index < -0.39 is 49.5 Å². The average molecular weight is 1190 g/mol. The van der Waals surface area contributed by atoms with Gasteiger partial charge in [-0.1, -0.05) is 314 Å². The van der Waals surface area contributed by atoms with Crippen molar-refractivity contribution in [1.82, 2.24) is 5.32 Å². The summed E-state index contributed by atoms with van der Waals surface area (Å²) in [5.74, 6) is -0.173. The molecule has 0 aromatic rings. The molecule has 1 saturated heterocycles. The van der Waals surface area contributed by atoms with E-state index >= 15 is 0 Å². The molecule has 1 aliphatic heterocycles. The zero-order chi connectivity index (χ0) is 60.9. The quantitative estimate of drug-likeness (QED) is 0.0195. The Labute approximate surface area is 517 Å². The molecule has 7 unspecified atom stereocenters. The summed E-state index contributed by atoms with van der Waals surface area (Å²) in [4.78, 5) is 25.1. The van der Waals surface area contributed by atoms with Crippen LogP contribution in [0.2, 0.25) is 0 Å². The van der Waals surface area contributed by atoms with Crippen molar-refractivity contribution in [2.45, 2.75) is 397 Å². The second kappa shape index (κ2) is 62.5. The summed E-state index contributed by atoms with van der Waals surface area (Å²) in [5.41, 5.74) is 0. The Hall–Kier alpha value is -2.12. The molecule has 1 heterocycles. The van der Waals surface area contributed by atoms with E-state index in [-0.39, 0.29) is 18.5 Å². The number of aliphatic hydroxyl groups is 5. The number of rotatable bonds is 64. The zero-order valence-corrected chi connectivity index (χ0v) is 54.9. The smallest absolute Gasteiger partial charge is 0.305 e. The predicted molar refractivity (Wildman–Crippen MR) is 352 cm³/mol. The molecular formula is C73H137NO10. The van der Waals surface area contributed by atoms with E-state index in [1.54, 1.807) is 6.08 Å². The van der Waals surface area contributed by atoms with Gasteiger partial charge < -0.3 is 45.1 Å². The summed E-state index contributed by atoms with van der Waals surface area (Å²) in [6, 6.07) is -0.806. The number of unbranched alkanes of at least 4 members (excludes halogenated alkanes) is 46. The van der Waals surface area contributed by atoms with Crippen molar-refractivity contribution in [2.24, 2.45) is 0 Å². The minimum absolute atomic E-state index is 0.00625. The van der Waals surface area contributed by atoms with Crippen LogP contribution in [-0.2, 0) is 23.8 Å². The van der Waals surface area contributed by atoms with Gasteiger partial charge in [-0.15, -0.1) is 0 Å². The average Bonchev–Trinajstić information content (AvgIpc) is 3.55. The lowest BCUT2D eigenvalue weighted by atomic mass is 9.99. The molecule has 11 nitrogen and oxygen atoms in total. The monoisotopic (exact) mass is 1190 g/mol. The molecule has 1 rings (SSSR count). The summed E-state index contributed by atoms with van der Waals surface area (Å²) < 4.78 is 16.7. The molecule has 84 heavy (non-hydrogen) atoms. The summed E-state index contributed by atoms with van der Waals surface area (Å²) in [5, 5.41) is 54.3. The fourth-order valence-corrected chi connectivity index (χ4v) is 11.5. The molecule has 7 atom stereocenters. The maximum absolute atomic E-state index is 13.0. The second-order valence-corrected chi connectivity index (χ2v) is 25.3. The number of carbonyl (C=O) groups excluding carboxylic acids is 2. The number of hydrogen-bond acceptors (Lipinski definition) is 10. The molecule has 11 heteroatoms. The Bertz CT molecular complexity index is 1490. The first kappa shape index (κ1) is 79.9. The molecule has 494 valence electrons. The number of allylic oxidation sites excluding steroid dienone is 5. The zero-order valence-electron chi connectivity index (χ0n) is 54.9. The summed E-state index contributed by atoms with van der Waals surface area (Å²) >= 11 is 0. The molecule has 0 radical (unpaired) electrons. The minimum atomic E-state index is -1.57. The number of hydrogen-bond donors (Lipinski definition) is 6. The molecule has 6 N–H and O–H groups in total. The van der Waals surface area contributed by atoms with E-state index in [9.17, 15) is 35.1 Å². The molecule has 0 bridgehead atoms. The van der Waals surface area contributed by atoms with Crippen LogP contribution in [0.25, 0.3) is 0 Å². The summed E-state index contributed by atoms with van der Waals surface area (Å²) in [7, 11) is 0. The molecule has 0 aromatic heterocycles. The van der Waals surface area contributed by atoms with Crippen molar-refractivity contribution in [3.8, 4) is 0 Å². The van der Waals surface area contributed by atoms with Crippen LogP contribution in [0.15, 0.2) is 36.5 Å². The van der Waals surface area contributed by atoms with Crippen LogP contribution in [0.1, 0.15) is 354 Å². The Morgan fingerprint density at radius 3 is 1.23 bits per heavy atom. The lowest BCUT2D eigenvalue weighted by Crippen LogP contribution is -2.60. The van der Waals surface area contributed by atoms with E-state index in [4.69, 9.17) is 14.2 Å². The van der Waals surface area contributed by atoms with Gasteiger partial charge in [0.15, 0.2) is 6.29 Å². The third kappa shape index (κ3) is 50.8. The van der Waals surface area contributed by atoms with Crippen LogP contribution in [0.5, 0.6) is 0 Å². The number of aliphatic hydroxyl groups excluding tert-OH is 5. The topological polar surface area (TPSA) is 175 Å². The third-order valence-electron chi connectivity index (χ3n) is 17.2. The normalized spacial score (nSPS) is 18.2. The lowest BCUT2D eigenvalue weighted by molar-refractivity contribution is -0.302. The highest BCUT2D eigenvalue weighted by molar-refractivity contribution is 5.76. The third-order valence-corrected chi connectivity index (χ3v) is 17.2. The van der Waals surface area contributed by atoms with Gasteiger partial charge in [0.2, 0.25) is 5.91 Å². The van der Waals surface area contributed by atoms with E-state index in [1.807, 2.05) is 6.08 Å². The largest absolute Gasteiger partial charge is 0.466 e. The van der Waals surface area contributed by atoms with Crippen LogP contribution in [-0.4, -0.2) is 100 Å². The Balaban J connectivity index is 1.88. The lowest BCUT2D eigenvalue weighted by Gasteiger charge is -2.40. The van der Waals surface area contributed by atoms with Gasteiger partial charge in [0.1, 0.15) is 24.4 Å². The van der Waals surface area contributed by atoms with Crippen LogP contribution in [0, 0.1) is 0 Å². The minimum Gasteiger partial charge on any atom is -0.466 e. The number of ether oxygens (including phenoxy) is 3. The van der Waals surface area contributed by atoms with E-state index in [2.05, 4.69) is 43.5 Å². The Kier molecular flexibility index (Phi) is 59.4. The Morgan fingerprint density at radius 1 is 0.440 bits per heavy atom. The van der Waals surface area contributed by atoms with E-state index in [1.165, 1.54) is 263 Å². The van der Waals surface area contributed by atoms with E-state index in [0.717, 1.165) is 64.2 Å². The fourth-order valence-electron chi connectivity index (χ4n) is 11.5. The van der Waals surface area contributed by atoms with Gasteiger partial charge in [-0.05, 0) is 64.2 Å². The maximum Gasteiger partial charge on any atom is 0.305 e. The van der Waals surface area contributed by atoms with Crippen molar-refractivity contribution in [3.05, 3.63) is 36.5 Å². The first-order valence-corrected chi connectivity index (χ1v) is 36.3.